The number of pyridine rings is 1. The van der Waals surface area contributed by atoms with Crippen molar-refractivity contribution in [2.45, 2.75) is 6.42 Å². The fraction of sp³-hybridized carbons (Fsp3) is 0.273. The van der Waals surface area contributed by atoms with Crippen LogP contribution in [0, 0.1) is 0 Å². The third-order valence-electron chi connectivity index (χ3n) is 2.77. The first kappa shape index (κ1) is 12.0. The normalized spacial score (nSPS) is 10.8. The molecule has 0 aliphatic carbocycles. The number of carboxylic acids is 1. The smallest absolute Gasteiger partial charge is 0.332 e. The maximum Gasteiger partial charge on any atom is 0.332 e. The molecule has 0 saturated heterocycles. The fourth-order valence-corrected chi connectivity index (χ4v) is 1.86. The van der Waals surface area contributed by atoms with Crippen LogP contribution < -0.4 is 11.2 Å². The summed E-state index contributed by atoms with van der Waals surface area (Å²) in [6.45, 7) is 0. The molecule has 0 saturated carbocycles. The van der Waals surface area contributed by atoms with Gasteiger partial charge in [-0.05, 0) is 11.6 Å². The molecule has 0 aromatic carbocycles. The predicted molar refractivity (Wildman–Crippen MR) is 63.6 cm³/mol. The number of fused-ring (bicyclic) bond motifs is 1. The highest BCUT2D eigenvalue weighted by atomic mass is 16.4. The zero-order chi connectivity index (χ0) is 13.4. The van der Waals surface area contributed by atoms with Crippen molar-refractivity contribution in [2.24, 2.45) is 14.1 Å². The fourth-order valence-electron chi connectivity index (χ4n) is 1.86. The molecular formula is C11H11N3O4. The van der Waals surface area contributed by atoms with Crippen LogP contribution in [-0.4, -0.2) is 25.2 Å². The molecule has 18 heavy (non-hydrogen) atoms. The Kier molecular flexibility index (Phi) is 2.74. The van der Waals surface area contributed by atoms with Crippen molar-refractivity contribution >= 4 is 17.0 Å². The minimum atomic E-state index is -1.04. The van der Waals surface area contributed by atoms with Crippen LogP contribution in [0.1, 0.15) is 5.56 Å². The molecule has 0 fully saturated rings. The van der Waals surface area contributed by atoms with Gasteiger partial charge in [-0.25, -0.2) is 9.78 Å². The Labute approximate surface area is 101 Å². The van der Waals surface area contributed by atoms with Crippen LogP contribution in [0.15, 0.2) is 21.9 Å². The van der Waals surface area contributed by atoms with Gasteiger partial charge in [-0.2, -0.15) is 0 Å². The third-order valence-corrected chi connectivity index (χ3v) is 2.77. The lowest BCUT2D eigenvalue weighted by Gasteiger charge is -2.08. The van der Waals surface area contributed by atoms with Crippen LogP contribution in [0.3, 0.4) is 0 Å². The van der Waals surface area contributed by atoms with E-state index in [2.05, 4.69) is 4.98 Å². The van der Waals surface area contributed by atoms with Crippen molar-refractivity contribution in [3.63, 3.8) is 0 Å². The van der Waals surface area contributed by atoms with Crippen LogP contribution in [0.4, 0.5) is 0 Å². The van der Waals surface area contributed by atoms with Gasteiger partial charge in [-0.3, -0.25) is 18.7 Å². The SMILES string of the molecule is Cn1c(=O)c2c(CC(=O)O)ccnc2n(C)c1=O. The van der Waals surface area contributed by atoms with E-state index in [9.17, 15) is 14.4 Å². The number of carbonyl (C=O) groups is 1. The first-order chi connectivity index (χ1) is 8.43. The number of hydrogen-bond donors (Lipinski definition) is 1. The van der Waals surface area contributed by atoms with E-state index in [1.807, 2.05) is 0 Å². The van der Waals surface area contributed by atoms with E-state index >= 15 is 0 Å². The van der Waals surface area contributed by atoms with E-state index in [0.717, 1.165) is 4.57 Å². The minimum absolute atomic E-state index is 0.171. The number of nitrogens with zero attached hydrogens (tertiary/aromatic N) is 3. The molecule has 1 N–H and O–H groups in total. The van der Waals surface area contributed by atoms with Gasteiger partial charge in [0.15, 0.2) is 0 Å². The molecule has 0 amide bonds. The first-order valence-electron chi connectivity index (χ1n) is 5.19. The Balaban J connectivity index is 2.98. The number of rotatable bonds is 2. The molecule has 7 nitrogen and oxygen atoms in total. The van der Waals surface area contributed by atoms with Crippen LogP contribution >= 0.6 is 0 Å². The molecule has 2 aromatic heterocycles. The second-order valence-corrected chi connectivity index (χ2v) is 3.94. The molecule has 0 spiro atoms. The summed E-state index contributed by atoms with van der Waals surface area (Å²) >= 11 is 0. The number of aryl methyl sites for hydroxylation is 1. The average Bonchev–Trinajstić information content (AvgIpc) is 2.32. The molecule has 0 aliphatic heterocycles. The summed E-state index contributed by atoms with van der Waals surface area (Å²) in [6, 6.07) is 1.47. The second-order valence-electron chi connectivity index (χ2n) is 3.94. The van der Waals surface area contributed by atoms with Crippen molar-refractivity contribution < 1.29 is 9.90 Å². The van der Waals surface area contributed by atoms with Crippen LogP contribution in [0.2, 0.25) is 0 Å². The largest absolute Gasteiger partial charge is 0.481 e. The van der Waals surface area contributed by atoms with Gasteiger partial charge in [0.2, 0.25) is 0 Å². The molecule has 94 valence electrons. The van der Waals surface area contributed by atoms with E-state index in [1.165, 1.54) is 30.9 Å². The van der Waals surface area contributed by atoms with E-state index in [-0.39, 0.29) is 17.5 Å². The lowest BCUT2D eigenvalue weighted by Crippen LogP contribution is -2.37. The van der Waals surface area contributed by atoms with Crippen molar-refractivity contribution in [3.05, 3.63) is 38.7 Å². The van der Waals surface area contributed by atoms with Gasteiger partial charge >= 0.3 is 11.7 Å². The standard InChI is InChI=1S/C11H11N3O4/c1-13-9-8(10(17)14(2)11(13)18)6(3-4-12-9)5-7(15)16/h3-4H,5H2,1-2H3,(H,15,16). The van der Waals surface area contributed by atoms with E-state index in [1.54, 1.807) is 0 Å². The van der Waals surface area contributed by atoms with Gasteiger partial charge in [0, 0.05) is 20.3 Å². The molecule has 0 atom stereocenters. The monoisotopic (exact) mass is 249 g/mol. The maximum absolute atomic E-state index is 12.0. The summed E-state index contributed by atoms with van der Waals surface area (Å²) in [6.07, 6.45) is 1.10. The molecule has 2 aromatic rings. The van der Waals surface area contributed by atoms with Crippen molar-refractivity contribution in [1.82, 2.24) is 14.1 Å². The van der Waals surface area contributed by atoms with Gasteiger partial charge in [0.25, 0.3) is 5.56 Å². The van der Waals surface area contributed by atoms with Crippen molar-refractivity contribution in [3.8, 4) is 0 Å². The number of carboxylic acid groups (broad SMARTS) is 1. The van der Waals surface area contributed by atoms with Crippen LogP contribution in [0.25, 0.3) is 11.0 Å². The van der Waals surface area contributed by atoms with Crippen LogP contribution in [-0.2, 0) is 25.3 Å². The predicted octanol–water partition coefficient (Wildman–Crippen LogP) is -0.741. The number of aromatic nitrogens is 3. The second kappa shape index (κ2) is 4.10. The molecular weight excluding hydrogens is 238 g/mol. The van der Waals surface area contributed by atoms with Gasteiger partial charge in [-0.15, -0.1) is 0 Å². The van der Waals surface area contributed by atoms with Crippen molar-refractivity contribution in [2.75, 3.05) is 0 Å². The summed E-state index contributed by atoms with van der Waals surface area (Å²) < 4.78 is 2.16. The van der Waals surface area contributed by atoms with Gasteiger partial charge in [0.05, 0.1) is 11.8 Å². The summed E-state index contributed by atoms with van der Waals surface area (Å²) in [5.41, 5.74) is -0.476. The Morgan fingerprint density at radius 2 is 2.00 bits per heavy atom. The number of aliphatic carboxylic acids is 1. The third kappa shape index (κ3) is 1.69. The first-order valence-corrected chi connectivity index (χ1v) is 5.19. The zero-order valence-electron chi connectivity index (χ0n) is 9.88. The van der Waals surface area contributed by atoms with E-state index in [4.69, 9.17) is 5.11 Å². The molecule has 0 unspecified atom stereocenters. The molecule has 0 aliphatic rings. The maximum atomic E-state index is 12.0. The molecule has 0 bridgehead atoms. The average molecular weight is 249 g/mol. The highest BCUT2D eigenvalue weighted by Crippen LogP contribution is 2.11. The highest BCUT2D eigenvalue weighted by Gasteiger charge is 2.14. The number of hydrogen-bond acceptors (Lipinski definition) is 4. The highest BCUT2D eigenvalue weighted by molar-refractivity contribution is 5.83. The summed E-state index contributed by atoms with van der Waals surface area (Å²) in [5, 5.41) is 8.98. The Morgan fingerprint density at radius 1 is 1.33 bits per heavy atom. The lowest BCUT2D eigenvalue weighted by atomic mass is 10.1. The Morgan fingerprint density at radius 3 is 2.61 bits per heavy atom. The topological polar surface area (TPSA) is 94.2 Å². The van der Waals surface area contributed by atoms with Crippen LogP contribution in [0.5, 0.6) is 0 Å². The summed E-state index contributed by atoms with van der Waals surface area (Å²) in [4.78, 5) is 38.5. The lowest BCUT2D eigenvalue weighted by molar-refractivity contribution is -0.136. The molecule has 0 radical (unpaired) electrons. The molecule has 2 rings (SSSR count). The van der Waals surface area contributed by atoms with Gasteiger partial charge in [0.1, 0.15) is 5.65 Å². The summed E-state index contributed by atoms with van der Waals surface area (Å²) in [7, 11) is 2.84. The Hall–Kier alpha value is -2.44. The molecule has 7 heteroatoms. The molecule has 2 heterocycles. The van der Waals surface area contributed by atoms with E-state index in [0.29, 0.717) is 5.56 Å². The Bertz CT molecular complexity index is 757. The van der Waals surface area contributed by atoms with Gasteiger partial charge in [-0.1, -0.05) is 0 Å². The van der Waals surface area contributed by atoms with E-state index < -0.39 is 17.2 Å². The zero-order valence-corrected chi connectivity index (χ0v) is 9.88. The van der Waals surface area contributed by atoms with Gasteiger partial charge < -0.3 is 5.11 Å². The summed E-state index contributed by atoms with van der Waals surface area (Å²) in [5.74, 6) is -1.04. The van der Waals surface area contributed by atoms with Crippen molar-refractivity contribution in [1.29, 1.82) is 0 Å². The minimum Gasteiger partial charge on any atom is -0.481 e. The quantitative estimate of drug-likeness (QED) is 0.756.